The van der Waals surface area contributed by atoms with Crippen LogP contribution < -0.4 is 11.1 Å². The molecule has 0 aromatic rings. The molecule has 0 aliphatic carbocycles. The van der Waals surface area contributed by atoms with E-state index in [0.29, 0.717) is 19.4 Å². The summed E-state index contributed by atoms with van der Waals surface area (Å²) in [5.41, 5.74) is 3.87. The molecule has 0 heterocycles. The van der Waals surface area contributed by atoms with Gasteiger partial charge in [0.2, 0.25) is 5.91 Å². The largest absolute Gasteiger partial charge is 0.481 e. The molecule has 0 aromatic heterocycles. The fourth-order valence-electron chi connectivity index (χ4n) is 1.20. The van der Waals surface area contributed by atoms with Crippen LogP contribution in [-0.2, 0) is 9.59 Å². The van der Waals surface area contributed by atoms with Crippen molar-refractivity contribution in [2.75, 3.05) is 13.1 Å². The molecule has 0 aliphatic heterocycles. The molecule has 1 unspecified atom stereocenters. The summed E-state index contributed by atoms with van der Waals surface area (Å²) in [6.07, 6.45) is 1.43. The molecule has 16 heavy (non-hydrogen) atoms. The van der Waals surface area contributed by atoms with Crippen LogP contribution in [0.15, 0.2) is 0 Å². The Balaban J connectivity index is 3.77. The van der Waals surface area contributed by atoms with Crippen LogP contribution in [0.2, 0.25) is 0 Å². The quantitative estimate of drug-likeness (QED) is 0.420. The fraction of sp³-hybridized carbons (Fsp3) is 0.800. The second-order valence-corrected chi connectivity index (χ2v) is 4.09. The minimum absolute atomic E-state index is 0.0548. The summed E-state index contributed by atoms with van der Waals surface area (Å²) >= 11 is 0. The number of hydrogen-bond acceptors (Lipinski definition) is 4. The highest BCUT2D eigenvalue weighted by Gasteiger charge is 2.24. The lowest BCUT2D eigenvalue weighted by Crippen LogP contribution is -2.42. The lowest BCUT2D eigenvalue weighted by Gasteiger charge is -2.21. The van der Waals surface area contributed by atoms with Gasteiger partial charge in [0.25, 0.3) is 0 Å². The number of carbonyl (C=O) groups excluding carboxylic acids is 1. The predicted molar refractivity (Wildman–Crippen MR) is 58.8 cm³/mol. The van der Waals surface area contributed by atoms with Gasteiger partial charge in [-0.2, -0.15) is 0 Å². The molecule has 6 heteroatoms. The van der Waals surface area contributed by atoms with Crippen LogP contribution in [0, 0.1) is 0 Å². The molecule has 0 fully saturated rings. The molecule has 0 saturated heterocycles. The van der Waals surface area contributed by atoms with Crippen LogP contribution in [-0.4, -0.2) is 40.8 Å². The van der Waals surface area contributed by atoms with Gasteiger partial charge in [0.05, 0.1) is 12.0 Å². The van der Waals surface area contributed by atoms with E-state index in [1.54, 1.807) is 0 Å². The highest BCUT2D eigenvalue weighted by atomic mass is 16.4. The molecular formula is C10H20N2O4. The molecule has 6 nitrogen and oxygen atoms in total. The Labute approximate surface area is 94.8 Å². The van der Waals surface area contributed by atoms with E-state index in [1.807, 2.05) is 0 Å². The molecule has 0 aromatic carbocycles. The molecule has 5 N–H and O–H groups in total. The topological polar surface area (TPSA) is 113 Å². The predicted octanol–water partition coefficient (Wildman–Crippen LogP) is -0.543. The Morgan fingerprint density at radius 2 is 2.00 bits per heavy atom. The number of carboxylic acids is 1. The van der Waals surface area contributed by atoms with Crippen molar-refractivity contribution < 1.29 is 19.8 Å². The van der Waals surface area contributed by atoms with Gasteiger partial charge < -0.3 is 21.3 Å². The summed E-state index contributed by atoms with van der Waals surface area (Å²) in [7, 11) is 0. The maximum Gasteiger partial charge on any atom is 0.306 e. The highest BCUT2D eigenvalue weighted by Crippen LogP contribution is 2.07. The number of unbranched alkanes of at least 4 members (excludes halogenated alkanes) is 1. The van der Waals surface area contributed by atoms with Gasteiger partial charge >= 0.3 is 5.97 Å². The zero-order valence-corrected chi connectivity index (χ0v) is 9.53. The Bertz CT molecular complexity index is 241. The van der Waals surface area contributed by atoms with Gasteiger partial charge in [-0.25, -0.2) is 0 Å². The second-order valence-electron chi connectivity index (χ2n) is 4.09. The van der Waals surface area contributed by atoms with E-state index in [4.69, 9.17) is 10.8 Å². The molecule has 94 valence electrons. The van der Waals surface area contributed by atoms with Gasteiger partial charge in [-0.3, -0.25) is 9.59 Å². The summed E-state index contributed by atoms with van der Waals surface area (Å²) in [6.45, 7) is 1.87. The van der Waals surface area contributed by atoms with Crippen LogP contribution in [0.3, 0.4) is 0 Å². The third-order valence-electron chi connectivity index (χ3n) is 2.06. The molecule has 0 bridgehead atoms. The molecule has 1 atom stereocenters. The number of aliphatic hydroxyl groups is 1. The van der Waals surface area contributed by atoms with Gasteiger partial charge in [0, 0.05) is 13.0 Å². The van der Waals surface area contributed by atoms with E-state index in [1.165, 1.54) is 6.92 Å². The summed E-state index contributed by atoms with van der Waals surface area (Å²) in [5, 5.41) is 20.6. The third-order valence-corrected chi connectivity index (χ3v) is 2.06. The molecule has 0 saturated carbocycles. The number of carbonyl (C=O) groups is 2. The number of hydrogen-bond donors (Lipinski definition) is 4. The molecule has 0 rings (SSSR count). The van der Waals surface area contributed by atoms with Crippen LogP contribution in [0.4, 0.5) is 0 Å². The number of nitrogens with two attached hydrogens (primary N) is 1. The smallest absolute Gasteiger partial charge is 0.306 e. The normalized spacial score (nSPS) is 14.2. The summed E-state index contributed by atoms with van der Waals surface area (Å²) < 4.78 is 0. The molecule has 0 aliphatic rings. The standard InChI is InChI=1S/C10H20N2O4/c1-10(16,6-9(14)15)7-12-8(13)4-2-3-5-11/h16H,2-7,11H2,1H3,(H,12,13)(H,14,15). The van der Waals surface area contributed by atoms with Gasteiger partial charge in [-0.1, -0.05) is 0 Å². The maximum atomic E-state index is 11.2. The van der Waals surface area contributed by atoms with Crippen molar-refractivity contribution in [1.82, 2.24) is 5.32 Å². The van der Waals surface area contributed by atoms with Crippen molar-refractivity contribution in [2.24, 2.45) is 5.73 Å². The Morgan fingerprint density at radius 1 is 1.38 bits per heavy atom. The second kappa shape index (κ2) is 7.19. The van der Waals surface area contributed by atoms with Gasteiger partial charge in [0.1, 0.15) is 0 Å². The van der Waals surface area contributed by atoms with E-state index in [0.717, 1.165) is 6.42 Å². The van der Waals surface area contributed by atoms with Crippen LogP contribution in [0.1, 0.15) is 32.6 Å². The average Bonchev–Trinajstić information content (AvgIpc) is 2.13. The monoisotopic (exact) mass is 232 g/mol. The lowest BCUT2D eigenvalue weighted by atomic mass is 10.0. The van der Waals surface area contributed by atoms with E-state index in [2.05, 4.69) is 5.32 Å². The minimum atomic E-state index is -1.41. The lowest BCUT2D eigenvalue weighted by molar-refractivity contribution is -0.142. The van der Waals surface area contributed by atoms with E-state index in [-0.39, 0.29) is 12.5 Å². The molecular weight excluding hydrogens is 212 g/mol. The molecule has 0 spiro atoms. The van der Waals surface area contributed by atoms with Crippen molar-refractivity contribution in [1.29, 1.82) is 0 Å². The van der Waals surface area contributed by atoms with Gasteiger partial charge in [0.15, 0.2) is 0 Å². The van der Waals surface area contributed by atoms with Crippen molar-refractivity contribution in [3.05, 3.63) is 0 Å². The zero-order chi connectivity index (χ0) is 12.6. The van der Waals surface area contributed by atoms with Crippen molar-refractivity contribution >= 4 is 11.9 Å². The first kappa shape index (κ1) is 14.9. The first-order valence-corrected chi connectivity index (χ1v) is 5.28. The number of aliphatic carboxylic acids is 1. The van der Waals surface area contributed by atoms with Crippen molar-refractivity contribution in [3.8, 4) is 0 Å². The fourth-order valence-corrected chi connectivity index (χ4v) is 1.20. The summed E-state index contributed by atoms with van der Waals surface area (Å²) in [6, 6.07) is 0. The van der Waals surface area contributed by atoms with Gasteiger partial charge in [-0.15, -0.1) is 0 Å². The number of nitrogens with one attached hydrogen (secondary N) is 1. The average molecular weight is 232 g/mol. The van der Waals surface area contributed by atoms with E-state index in [9.17, 15) is 14.7 Å². The van der Waals surface area contributed by atoms with Gasteiger partial charge in [-0.05, 0) is 26.3 Å². The first-order chi connectivity index (χ1) is 7.37. The molecule has 1 amide bonds. The SMILES string of the molecule is CC(O)(CNC(=O)CCCCN)CC(=O)O. The third kappa shape index (κ3) is 8.19. The Kier molecular flexibility index (Phi) is 6.67. The number of rotatable bonds is 8. The minimum Gasteiger partial charge on any atom is -0.481 e. The number of carboxylic acid groups (broad SMARTS) is 1. The van der Waals surface area contributed by atoms with Crippen LogP contribution in [0.5, 0.6) is 0 Å². The highest BCUT2D eigenvalue weighted by molar-refractivity contribution is 5.76. The van der Waals surface area contributed by atoms with Crippen molar-refractivity contribution in [2.45, 2.75) is 38.2 Å². The van der Waals surface area contributed by atoms with Crippen LogP contribution >= 0.6 is 0 Å². The van der Waals surface area contributed by atoms with E-state index >= 15 is 0 Å². The summed E-state index contributed by atoms with van der Waals surface area (Å²) in [4.78, 5) is 21.6. The Hall–Kier alpha value is -1.14. The maximum absolute atomic E-state index is 11.2. The Morgan fingerprint density at radius 3 is 2.50 bits per heavy atom. The number of amides is 1. The summed E-state index contributed by atoms with van der Waals surface area (Å²) in [5.74, 6) is -1.29. The molecule has 0 radical (unpaired) electrons. The first-order valence-electron chi connectivity index (χ1n) is 5.28. The van der Waals surface area contributed by atoms with Crippen molar-refractivity contribution in [3.63, 3.8) is 0 Å². The van der Waals surface area contributed by atoms with Crippen LogP contribution in [0.25, 0.3) is 0 Å². The van der Waals surface area contributed by atoms with E-state index < -0.39 is 18.0 Å². The zero-order valence-electron chi connectivity index (χ0n) is 9.53.